The van der Waals surface area contributed by atoms with Gasteiger partial charge in [0.05, 0.1) is 12.2 Å². The summed E-state index contributed by atoms with van der Waals surface area (Å²) in [5, 5.41) is 3.69. The van der Waals surface area contributed by atoms with Crippen LogP contribution in [0.3, 0.4) is 0 Å². The summed E-state index contributed by atoms with van der Waals surface area (Å²) in [7, 11) is 0. The Morgan fingerprint density at radius 3 is 2.74 bits per heavy atom. The largest absolute Gasteiger partial charge is 0.378 e. The zero-order valence-electron chi connectivity index (χ0n) is 13.1. The molecule has 2 fully saturated rings. The molecular weight excluding hydrogens is 238 g/mol. The van der Waals surface area contributed by atoms with Crippen molar-refractivity contribution < 1.29 is 9.47 Å². The Balaban J connectivity index is 1.63. The van der Waals surface area contributed by atoms with Crippen LogP contribution in [0.2, 0.25) is 0 Å². The number of rotatable bonds is 7. The van der Waals surface area contributed by atoms with Gasteiger partial charge in [0, 0.05) is 24.7 Å². The Morgan fingerprint density at radius 1 is 1.37 bits per heavy atom. The molecule has 3 atom stereocenters. The second-order valence-corrected chi connectivity index (χ2v) is 7.20. The highest BCUT2D eigenvalue weighted by atomic mass is 16.5. The number of ether oxygens (including phenoxy) is 2. The van der Waals surface area contributed by atoms with Crippen molar-refractivity contribution in [1.29, 1.82) is 0 Å². The minimum absolute atomic E-state index is 0.269. The van der Waals surface area contributed by atoms with Crippen LogP contribution in [-0.4, -0.2) is 38.0 Å². The molecule has 1 aliphatic carbocycles. The van der Waals surface area contributed by atoms with Gasteiger partial charge in [0.15, 0.2) is 0 Å². The van der Waals surface area contributed by atoms with E-state index in [1.165, 1.54) is 12.8 Å². The van der Waals surface area contributed by atoms with Crippen molar-refractivity contribution in [2.24, 2.45) is 11.3 Å². The SMILES string of the molecule is CC(C)COC1CC(NCCC2CCCO2)C1(C)C. The molecule has 3 unspecified atom stereocenters. The molecule has 19 heavy (non-hydrogen) atoms. The van der Waals surface area contributed by atoms with Crippen LogP contribution in [0.15, 0.2) is 0 Å². The van der Waals surface area contributed by atoms with Gasteiger partial charge in [-0.05, 0) is 38.1 Å². The van der Waals surface area contributed by atoms with Crippen LogP contribution in [0.4, 0.5) is 0 Å². The Bertz CT molecular complexity index is 272. The van der Waals surface area contributed by atoms with Gasteiger partial charge in [-0.2, -0.15) is 0 Å². The van der Waals surface area contributed by atoms with Crippen molar-refractivity contribution in [3.8, 4) is 0 Å². The maximum atomic E-state index is 6.00. The molecule has 3 heteroatoms. The molecule has 1 saturated heterocycles. The molecule has 1 N–H and O–H groups in total. The van der Waals surface area contributed by atoms with Crippen molar-refractivity contribution in [3.63, 3.8) is 0 Å². The van der Waals surface area contributed by atoms with Crippen molar-refractivity contribution >= 4 is 0 Å². The van der Waals surface area contributed by atoms with Gasteiger partial charge < -0.3 is 14.8 Å². The van der Waals surface area contributed by atoms with Crippen molar-refractivity contribution in [3.05, 3.63) is 0 Å². The Kier molecular flexibility index (Phi) is 5.27. The topological polar surface area (TPSA) is 30.5 Å². The molecule has 1 aliphatic heterocycles. The molecule has 1 saturated carbocycles. The van der Waals surface area contributed by atoms with Gasteiger partial charge in [-0.15, -0.1) is 0 Å². The van der Waals surface area contributed by atoms with Crippen molar-refractivity contribution in [2.75, 3.05) is 19.8 Å². The summed E-state index contributed by atoms with van der Waals surface area (Å²) in [5.74, 6) is 0.627. The van der Waals surface area contributed by atoms with Crippen LogP contribution >= 0.6 is 0 Å². The van der Waals surface area contributed by atoms with E-state index in [2.05, 4.69) is 33.0 Å². The molecule has 3 nitrogen and oxygen atoms in total. The third kappa shape index (κ3) is 3.93. The molecule has 2 aliphatic rings. The van der Waals surface area contributed by atoms with E-state index in [9.17, 15) is 0 Å². The molecule has 0 aromatic carbocycles. The third-order valence-corrected chi connectivity index (χ3v) is 4.69. The van der Waals surface area contributed by atoms with Crippen LogP contribution in [-0.2, 0) is 9.47 Å². The minimum atomic E-state index is 0.269. The Labute approximate surface area is 118 Å². The Morgan fingerprint density at radius 2 is 2.16 bits per heavy atom. The first-order chi connectivity index (χ1) is 9.00. The highest BCUT2D eigenvalue weighted by molar-refractivity contribution is 5.02. The van der Waals surface area contributed by atoms with E-state index < -0.39 is 0 Å². The summed E-state index contributed by atoms with van der Waals surface area (Å²) in [6, 6.07) is 0.603. The van der Waals surface area contributed by atoms with Gasteiger partial charge in [-0.25, -0.2) is 0 Å². The van der Waals surface area contributed by atoms with Gasteiger partial charge >= 0.3 is 0 Å². The zero-order valence-corrected chi connectivity index (χ0v) is 13.1. The first-order valence-corrected chi connectivity index (χ1v) is 7.96. The number of hydrogen-bond acceptors (Lipinski definition) is 3. The third-order valence-electron chi connectivity index (χ3n) is 4.69. The predicted octanol–water partition coefficient (Wildman–Crippen LogP) is 2.98. The smallest absolute Gasteiger partial charge is 0.0656 e. The lowest BCUT2D eigenvalue weighted by Crippen LogP contribution is -2.61. The zero-order chi connectivity index (χ0) is 13.9. The van der Waals surface area contributed by atoms with Gasteiger partial charge in [-0.1, -0.05) is 27.7 Å². The van der Waals surface area contributed by atoms with E-state index in [-0.39, 0.29) is 5.41 Å². The normalized spacial score (nSPS) is 33.6. The van der Waals surface area contributed by atoms with Gasteiger partial charge in [0.25, 0.3) is 0 Å². The van der Waals surface area contributed by atoms with Crippen LogP contribution < -0.4 is 5.32 Å². The second-order valence-electron chi connectivity index (χ2n) is 7.20. The summed E-state index contributed by atoms with van der Waals surface area (Å²) < 4.78 is 11.7. The maximum Gasteiger partial charge on any atom is 0.0656 e. The van der Waals surface area contributed by atoms with E-state index in [4.69, 9.17) is 9.47 Å². The fourth-order valence-electron chi connectivity index (χ4n) is 3.11. The molecule has 2 rings (SSSR count). The standard InChI is InChI=1S/C16H31NO2/c1-12(2)11-19-15-10-14(16(15,3)4)17-8-7-13-6-5-9-18-13/h12-15,17H,5-11H2,1-4H3. The van der Waals surface area contributed by atoms with Crippen molar-refractivity contribution in [2.45, 2.75) is 71.6 Å². The van der Waals surface area contributed by atoms with E-state index in [1.54, 1.807) is 0 Å². The van der Waals surface area contributed by atoms with Gasteiger partial charge in [0.1, 0.15) is 0 Å². The van der Waals surface area contributed by atoms with E-state index in [0.717, 1.165) is 32.6 Å². The first-order valence-electron chi connectivity index (χ1n) is 7.96. The van der Waals surface area contributed by atoms with Crippen LogP contribution in [0.1, 0.15) is 53.4 Å². The van der Waals surface area contributed by atoms with Crippen LogP contribution in [0.25, 0.3) is 0 Å². The predicted molar refractivity (Wildman–Crippen MR) is 78.4 cm³/mol. The quantitative estimate of drug-likeness (QED) is 0.771. The molecule has 0 spiro atoms. The molecule has 0 bridgehead atoms. The van der Waals surface area contributed by atoms with E-state index in [0.29, 0.717) is 24.2 Å². The number of hydrogen-bond donors (Lipinski definition) is 1. The molecule has 0 aromatic rings. The lowest BCUT2D eigenvalue weighted by atomic mass is 9.64. The van der Waals surface area contributed by atoms with E-state index >= 15 is 0 Å². The second kappa shape index (κ2) is 6.55. The summed E-state index contributed by atoms with van der Waals surface area (Å²) >= 11 is 0. The molecular formula is C16H31NO2. The fraction of sp³-hybridized carbons (Fsp3) is 1.00. The lowest BCUT2D eigenvalue weighted by molar-refractivity contribution is -0.123. The maximum absolute atomic E-state index is 6.00. The van der Waals surface area contributed by atoms with Crippen molar-refractivity contribution in [1.82, 2.24) is 5.32 Å². The van der Waals surface area contributed by atoms with Gasteiger partial charge in [0.2, 0.25) is 0 Å². The molecule has 1 heterocycles. The highest BCUT2D eigenvalue weighted by Crippen LogP contribution is 2.42. The summed E-state index contributed by atoms with van der Waals surface area (Å²) in [4.78, 5) is 0. The first kappa shape index (κ1) is 15.3. The minimum Gasteiger partial charge on any atom is -0.378 e. The molecule has 0 radical (unpaired) electrons. The average molecular weight is 269 g/mol. The fourth-order valence-corrected chi connectivity index (χ4v) is 3.11. The number of nitrogens with one attached hydrogen (secondary N) is 1. The summed E-state index contributed by atoms with van der Waals surface area (Å²) in [6.07, 6.45) is 5.73. The van der Waals surface area contributed by atoms with Gasteiger partial charge in [-0.3, -0.25) is 0 Å². The van der Waals surface area contributed by atoms with E-state index in [1.807, 2.05) is 0 Å². The summed E-state index contributed by atoms with van der Waals surface area (Å²) in [5.41, 5.74) is 0.269. The highest BCUT2D eigenvalue weighted by Gasteiger charge is 2.48. The monoisotopic (exact) mass is 269 g/mol. The average Bonchev–Trinajstić information content (AvgIpc) is 2.84. The molecule has 112 valence electrons. The summed E-state index contributed by atoms with van der Waals surface area (Å²) in [6.45, 7) is 12.0. The van der Waals surface area contributed by atoms with Crippen LogP contribution in [0, 0.1) is 11.3 Å². The molecule has 0 aromatic heterocycles. The lowest BCUT2D eigenvalue weighted by Gasteiger charge is -2.52. The molecule has 0 amide bonds. The van der Waals surface area contributed by atoms with Crippen LogP contribution in [0.5, 0.6) is 0 Å². The Hall–Kier alpha value is -0.120.